The first-order valence-electron chi connectivity index (χ1n) is 10.5. The zero-order chi connectivity index (χ0) is 19.8. The average molecular weight is 380 g/mol. The van der Waals surface area contributed by atoms with Crippen LogP contribution >= 0.6 is 0 Å². The lowest BCUT2D eigenvalue weighted by Gasteiger charge is -2.29. The number of carbonyl (C=O) groups is 1. The normalized spacial score (nSPS) is 14.5. The van der Waals surface area contributed by atoms with E-state index in [2.05, 4.69) is 65.4 Å². The van der Waals surface area contributed by atoms with Crippen LogP contribution in [0.4, 0.5) is 11.4 Å². The number of piperidine rings is 1. The van der Waals surface area contributed by atoms with Gasteiger partial charge in [-0.3, -0.25) is 9.69 Å². The number of nitrogens with one attached hydrogen (secondary N) is 1. The van der Waals surface area contributed by atoms with Gasteiger partial charge in [-0.05, 0) is 62.9 Å². The highest BCUT2D eigenvalue weighted by atomic mass is 16.1. The molecule has 0 aromatic heterocycles. The van der Waals surface area contributed by atoms with Crippen LogP contribution in [-0.4, -0.2) is 36.5 Å². The average Bonchev–Trinajstić information content (AvgIpc) is 2.73. The van der Waals surface area contributed by atoms with Crippen LogP contribution in [0, 0.1) is 0 Å². The summed E-state index contributed by atoms with van der Waals surface area (Å²) in [6, 6.07) is 19.1. The van der Waals surface area contributed by atoms with E-state index >= 15 is 0 Å². The number of anilines is 2. The van der Waals surface area contributed by atoms with E-state index in [0.717, 1.165) is 31.9 Å². The Bertz CT molecular complexity index is 721. The molecule has 1 aliphatic heterocycles. The van der Waals surface area contributed by atoms with Gasteiger partial charge in [0.1, 0.15) is 0 Å². The van der Waals surface area contributed by atoms with E-state index in [9.17, 15) is 4.79 Å². The summed E-state index contributed by atoms with van der Waals surface area (Å²) in [5, 5.41) is 3.05. The second kappa shape index (κ2) is 10.3. The van der Waals surface area contributed by atoms with Crippen molar-refractivity contribution in [3.8, 4) is 0 Å². The van der Waals surface area contributed by atoms with Crippen LogP contribution in [0.3, 0.4) is 0 Å². The predicted octanol–water partition coefficient (Wildman–Crippen LogP) is 4.92. The number of rotatable bonds is 8. The Balaban J connectivity index is 1.48. The van der Waals surface area contributed by atoms with E-state index in [0.29, 0.717) is 12.5 Å². The molecule has 28 heavy (non-hydrogen) atoms. The van der Waals surface area contributed by atoms with Crippen LogP contribution in [-0.2, 0) is 11.3 Å². The number of hydrogen-bond donors (Lipinski definition) is 1. The molecule has 0 aliphatic carbocycles. The van der Waals surface area contributed by atoms with Crippen molar-refractivity contribution < 1.29 is 4.79 Å². The quantitative estimate of drug-likeness (QED) is 0.707. The van der Waals surface area contributed by atoms with Crippen molar-refractivity contribution in [3.63, 3.8) is 0 Å². The molecule has 1 N–H and O–H groups in total. The van der Waals surface area contributed by atoms with Gasteiger partial charge in [0, 0.05) is 50.0 Å². The number of benzene rings is 2. The Hall–Kier alpha value is -2.33. The molecule has 2 aromatic rings. The van der Waals surface area contributed by atoms with Gasteiger partial charge in [-0.15, -0.1) is 0 Å². The van der Waals surface area contributed by atoms with Gasteiger partial charge in [0.15, 0.2) is 0 Å². The van der Waals surface area contributed by atoms with Crippen LogP contribution in [0.25, 0.3) is 0 Å². The van der Waals surface area contributed by atoms with Crippen molar-refractivity contribution in [2.24, 2.45) is 0 Å². The van der Waals surface area contributed by atoms with Gasteiger partial charge in [-0.1, -0.05) is 30.3 Å². The molecule has 3 rings (SSSR count). The summed E-state index contributed by atoms with van der Waals surface area (Å²) < 4.78 is 0. The minimum Gasteiger partial charge on any atom is -0.372 e. The fraction of sp³-hybridized carbons (Fsp3) is 0.458. The van der Waals surface area contributed by atoms with Gasteiger partial charge in [0.05, 0.1) is 0 Å². The van der Waals surface area contributed by atoms with Crippen LogP contribution in [0.5, 0.6) is 0 Å². The van der Waals surface area contributed by atoms with Crippen molar-refractivity contribution in [1.29, 1.82) is 0 Å². The first-order chi connectivity index (χ1) is 13.6. The Morgan fingerprint density at radius 2 is 1.68 bits per heavy atom. The number of hydrogen-bond acceptors (Lipinski definition) is 3. The molecule has 4 nitrogen and oxygen atoms in total. The molecule has 0 atom stereocenters. The van der Waals surface area contributed by atoms with E-state index in [-0.39, 0.29) is 5.91 Å². The van der Waals surface area contributed by atoms with Crippen molar-refractivity contribution in [1.82, 2.24) is 4.90 Å². The minimum absolute atomic E-state index is 0.0736. The predicted molar refractivity (Wildman–Crippen MR) is 118 cm³/mol. The maximum absolute atomic E-state index is 12.4. The van der Waals surface area contributed by atoms with Crippen molar-refractivity contribution in [3.05, 3.63) is 60.2 Å². The van der Waals surface area contributed by atoms with E-state index in [1.165, 1.54) is 30.5 Å². The molecule has 0 spiro atoms. The second-order valence-corrected chi connectivity index (χ2v) is 7.94. The fourth-order valence-corrected chi connectivity index (χ4v) is 3.71. The standard InChI is InChI=1S/C24H33N3O/c1-20(2)27(19-21-9-5-3-6-10-21)18-15-24(28)25-22-11-13-23(14-12-22)26-16-7-4-8-17-26/h3,5-6,9-14,20H,4,7-8,15-19H2,1-2H3,(H,25,28). The molecule has 2 aromatic carbocycles. The monoisotopic (exact) mass is 379 g/mol. The summed E-state index contributed by atoms with van der Waals surface area (Å²) in [5.41, 5.74) is 3.42. The van der Waals surface area contributed by atoms with Crippen LogP contribution in [0.15, 0.2) is 54.6 Å². The molecule has 0 bridgehead atoms. The molecule has 1 amide bonds. The van der Waals surface area contributed by atoms with Gasteiger partial charge in [0.25, 0.3) is 0 Å². The Morgan fingerprint density at radius 1 is 1.00 bits per heavy atom. The van der Waals surface area contributed by atoms with Crippen LogP contribution in [0.1, 0.15) is 45.1 Å². The van der Waals surface area contributed by atoms with E-state index in [4.69, 9.17) is 0 Å². The largest absolute Gasteiger partial charge is 0.372 e. The summed E-state index contributed by atoms with van der Waals surface area (Å²) in [5.74, 6) is 0.0736. The zero-order valence-electron chi connectivity index (χ0n) is 17.2. The van der Waals surface area contributed by atoms with Gasteiger partial charge in [0.2, 0.25) is 5.91 Å². The van der Waals surface area contributed by atoms with Gasteiger partial charge in [-0.25, -0.2) is 0 Å². The summed E-state index contributed by atoms with van der Waals surface area (Å²) in [4.78, 5) is 17.2. The number of carbonyl (C=O) groups excluding carboxylic acids is 1. The molecule has 1 heterocycles. The smallest absolute Gasteiger partial charge is 0.225 e. The van der Waals surface area contributed by atoms with E-state index in [1.54, 1.807) is 0 Å². The molecule has 1 fully saturated rings. The maximum Gasteiger partial charge on any atom is 0.225 e. The molecule has 1 saturated heterocycles. The third kappa shape index (κ3) is 6.10. The minimum atomic E-state index is 0.0736. The summed E-state index contributed by atoms with van der Waals surface area (Å²) in [6.45, 7) is 8.26. The summed E-state index contributed by atoms with van der Waals surface area (Å²) in [6.07, 6.45) is 4.38. The summed E-state index contributed by atoms with van der Waals surface area (Å²) >= 11 is 0. The maximum atomic E-state index is 12.4. The molecule has 1 aliphatic rings. The second-order valence-electron chi connectivity index (χ2n) is 7.94. The Kier molecular flexibility index (Phi) is 7.49. The van der Waals surface area contributed by atoms with Crippen molar-refractivity contribution in [2.75, 3.05) is 29.9 Å². The van der Waals surface area contributed by atoms with Gasteiger partial charge in [-0.2, -0.15) is 0 Å². The topological polar surface area (TPSA) is 35.6 Å². The highest BCUT2D eigenvalue weighted by Gasteiger charge is 2.13. The molecule has 0 radical (unpaired) electrons. The van der Waals surface area contributed by atoms with Crippen molar-refractivity contribution >= 4 is 17.3 Å². The molecule has 150 valence electrons. The van der Waals surface area contributed by atoms with E-state index in [1.807, 2.05) is 18.2 Å². The molecule has 0 saturated carbocycles. The Labute approximate surface area is 169 Å². The SMILES string of the molecule is CC(C)N(CCC(=O)Nc1ccc(N2CCCCC2)cc1)Cc1ccccc1. The summed E-state index contributed by atoms with van der Waals surface area (Å²) in [7, 11) is 0. The third-order valence-corrected chi connectivity index (χ3v) is 5.46. The lowest BCUT2D eigenvalue weighted by atomic mass is 10.1. The molecular weight excluding hydrogens is 346 g/mol. The Morgan fingerprint density at radius 3 is 2.32 bits per heavy atom. The van der Waals surface area contributed by atoms with Gasteiger partial charge >= 0.3 is 0 Å². The number of nitrogens with zero attached hydrogens (tertiary/aromatic N) is 2. The lowest BCUT2D eigenvalue weighted by Crippen LogP contribution is -2.33. The lowest BCUT2D eigenvalue weighted by molar-refractivity contribution is -0.116. The van der Waals surface area contributed by atoms with E-state index < -0.39 is 0 Å². The van der Waals surface area contributed by atoms with Crippen LogP contribution < -0.4 is 10.2 Å². The fourth-order valence-electron chi connectivity index (χ4n) is 3.71. The molecule has 0 unspecified atom stereocenters. The molecule has 4 heteroatoms. The highest BCUT2D eigenvalue weighted by molar-refractivity contribution is 5.91. The van der Waals surface area contributed by atoms with Gasteiger partial charge < -0.3 is 10.2 Å². The highest BCUT2D eigenvalue weighted by Crippen LogP contribution is 2.22. The zero-order valence-corrected chi connectivity index (χ0v) is 17.2. The first-order valence-corrected chi connectivity index (χ1v) is 10.5. The van der Waals surface area contributed by atoms with Crippen molar-refractivity contribution in [2.45, 2.75) is 52.1 Å². The first kappa shape index (κ1) is 20.4. The van der Waals surface area contributed by atoms with Crippen LogP contribution in [0.2, 0.25) is 0 Å². The third-order valence-electron chi connectivity index (χ3n) is 5.46. The number of amides is 1. The molecular formula is C24H33N3O.